The minimum Gasteiger partial charge on any atom is -0.508 e. The molecular formula is C20H23NO4S. The Bertz CT molecular complexity index is 763. The average molecular weight is 373 g/mol. The standard InChI is InChI=1S/C20H23NO4S/c1-3-25-18-12-15(6-9-17(18)24-2)20-21(19(23)13-26-20)11-10-14-4-7-16(22)8-5-14/h4-9,12,20,22H,3,10-11,13H2,1-2H3. The predicted octanol–water partition coefficient (Wildman–Crippen LogP) is 3.62. The van der Waals surface area contributed by atoms with Gasteiger partial charge in [0.15, 0.2) is 11.5 Å². The van der Waals surface area contributed by atoms with E-state index in [0.29, 0.717) is 30.4 Å². The fourth-order valence-corrected chi connectivity index (χ4v) is 4.21. The summed E-state index contributed by atoms with van der Waals surface area (Å²) >= 11 is 1.63. The largest absolute Gasteiger partial charge is 0.508 e. The number of phenols is 1. The molecule has 1 N–H and O–H groups in total. The van der Waals surface area contributed by atoms with Gasteiger partial charge in [-0.1, -0.05) is 18.2 Å². The van der Waals surface area contributed by atoms with Gasteiger partial charge in [0.05, 0.1) is 19.5 Å². The number of nitrogens with zero attached hydrogens (tertiary/aromatic N) is 1. The smallest absolute Gasteiger partial charge is 0.233 e. The van der Waals surface area contributed by atoms with E-state index in [4.69, 9.17) is 9.47 Å². The summed E-state index contributed by atoms with van der Waals surface area (Å²) in [6.45, 7) is 3.13. The van der Waals surface area contributed by atoms with Crippen LogP contribution in [0.3, 0.4) is 0 Å². The van der Waals surface area contributed by atoms with Crippen molar-refractivity contribution in [2.24, 2.45) is 0 Å². The second-order valence-electron chi connectivity index (χ2n) is 6.01. The molecule has 1 unspecified atom stereocenters. The first-order valence-electron chi connectivity index (χ1n) is 8.62. The van der Waals surface area contributed by atoms with Crippen LogP contribution in [-0.4, -0.2) is 41.9 Å². The summed E-state index contributed by atoms with van der Waals surface area (Å²) in [5.74, 6) is 2.27. The first kappa shape index (κ1) is 18.5. The molecule has 2 aromatic rings. The van der Waals surface area contributed by atoms with Gasteiger partial charge in [0, 0.05) is 6.54 Å². The van der Waals surface area contributed by atoms with Gasteiger partial charge in [-0.2, -0.15) is 0 Å². The summed E-state index contributed by atoms with van der Waals surface area (Å²) < 4.78 is 11.0. The van der Waals surface area contributed by atoms with Gasteiger partial charge >= 0.3 is 0 Å². The summed E-state index contributed by atoms with van der Waals surface area (Å²) in [5, 5.41) is 9.37. The van der Waals surface area contributed by atoms with Gasteiger partial charge in [0.2, 0.25) is 5.91 Å². The maximum atomic E-state index is 12.4. The fraction of sp³-hybridized carbons (Fsp3) is 0.350. The lowest BCUT2D eigenvalue weighted by Gasteiger charge is -2.25. The van der Waals surface area contributed by atoms with Gasteiger partial charge in [-0.3, -0.25) is 4.79 Å². The number of benzene rings is 2. The van der Waals surface area contributed by atoms with Crippen molar-refractivity contribution in [1.82, 2.24) is 4.90 Å². The zero-order chi connectivity index (χ0) is 18.5. The van der Waals surface area contributed by atoms with E-state index in [2.05, 4.69) is 0 Å². The zero-order valence-corrected chi connectivity index (χ0v) is 15.8. The molecule has 1 fully saturated rings. The second kappa shape index (κ2) is 8.36. The molecule has 3 rings (SSSR count). The lowest BCUT2D eigenvalue weighted by atomic mass is 10.1. The van der Waals surface area contributed by atoms with E-state index < -0.39 is 0 Å². The molecule has 2 aromatic carbocycles. The third-order valence-corrected chi connectivity index (χ3v) is 5.57. The van der Waals surface area contributed by atoms with Crippen molar-refractivity contribution in [3.8, 4) is 17.2 Å². The summed E-state index contributed by atoms with van der Waals surface area (Å²) in [4.78, 5) is 14.3. The van der Waals surface area contributed by atoms with Crippen LogP contribution in [0.2, 0.25) is 0 Å². The van der Waals surface area contributed by atoms with Gasteiger partial charge in [-0.15, -0.1) is 11.8 Å². The van der Waals surface area contributed by atoms with Crippen LogP contribution in [0.1, 0.15) is 23.4 Å². The summed E-state index contributed by atoms with van der Waals surface area (Å²) in [6.07, 6.45) is 0.748. The summed E-state index contributed by atoms with van der Waals surface area (Å²) in [7, 11) is 1.62. The Labute approximate surface area is 157 Å². The number of phenolic OH excluding ortho intramolecular Hbond substituents is 1. The highest BCUT2D eigenvalue weighted by atomic mass is 32.2. The number of aromatic hydroxyl groups is 1. The van der Waals surface area contributed by atoms with E-state index in [1.54, 1.807) is 31.0 Å². The van der Waals surface area contributed by atoms with Crippen LogP contribution in [0.4, 0.5) is 0 Å². The van der Waals surface area contributed by atoms with E-state index in [-0.39, 0.29) is 17.0 Å². The lowest BCUT2D eigenvalue weighted by molar-refractivity contribution is -0.128. The van der Waals surface area contributed by atoms with Crippen LogP contribution in [0.5, 0.6) is 17.2 Å². The minimum atomic E-state index is -0.0234. The van der Waals surface area contributed by atoms with Crippen LogP contribution in [0.15, 0.2) is 42.5 Å². The molecule has 1 amide bonds. The second-order valence-corrected chi connectivity index (χ2v) is 7.08. The Balaban J connectivity index is 1.76. The highest BCUT2D eigenvalue weighted by molar-refractivity contribution is 8.00. The molecule has 1 aliphatic heterocycles. The molecule has 5 nitrogen and oxygen atoms in total. The minimum absolute atomic E-state index is 0.0234. The molecule has 1 atom stereocenters. The van der Waals surface area contributed by atoms with Crippen molar-refractivity contribution in [1.29, 1.82) is 0 Å². The molecule has 6 heteroatoms. The maximum absolute atomic E-state index is 12.4. The van der Waals surface area contributed by atoms with Gasteiger partial charge in [-0.25, -0.2) is 0 Å². The number of hydrogen-bond acceptors (Lipinski definition) is 5. The molecular weight excluding hydrogens is 350 g/mol. The SMILES string of the molecule is CCOc1cc(C2SCC(=O)N2CCc2ccc(O)cc2)ccc1OC. The fourth-order valence-electron chi connectivity index (χ4n) is 3.00. The van der Waals surface area contributed by atoms with Crippen molar-refractivity contribution in [3.05, 3.63) is 53.6 Å². The van der Waals surface area contributed by atoms with Crippen LogP contribution >= 0.6 is 11.8 Å². The van der Waals surface area contributed by atoms with E-state index in [1.165, 1.54) is 0 Å². The van der Waals surface area contributed by atoms with Gasteiger partial charge in [0.1, 0.15) is 11.1 Å². The van der Waals surface area contributed by atoms with E-state index in [0.717, 1.165) is 17.5 Å². The van der Waals surface area contributed by atoms with Crippen LogP contribution in [-0.2, 0) is 11.2 Å². The Hall–Kier alpha value is -2.34. The number of rotatable bonds is 7. The van der Waals surface area contributed by atoms with E-state index >= 15 is 0 Å². The Morgan fingerprint density at radius 1 is 1.19 bits per heavy atom. The number of carbonyl (C=O) groups excluding carboxylic acids is 1. The molecule has 0 radical (unpaired) electrons. The molecule has 0 aromatic heterocycles. The highest BCUT2D eigenvalue weighted by Crippen LogP contribution is 2.41. The topological polar surface area (TPSA) is 59.0 Å². The van der Waals surface area contributed by atoms with Crippen LogP contribution < -0.4 is 9.47 Å². The van der Waals surface area contributed by atoms with Crippen molar-refractivity contribution < 1.29 is 19.4 Å². The molecule has 1 saturated heterocycles. The summed E-state index contributed by atoms with van der Waals surface area (Å²) in [5.41, 5.74) is 2.13. The Kier molecular flexibility index (Phi) is 5.93. The zero-order valence-electron chi connectivity index (χ0n) is 15.0. The first-order chi connectivity index (χ1) is 12.6. The normalized spacial score (nSPS) is 16.8. The maximum Gasteiger partial charge on any atom is 0.233 e. The third kappa shape index (κ3) is 4.07. The van der Waals surface area contributed by atoms with Crippen LogP contribution in [0.25, 0.3) is 0 Å². The molecule has 138 valence electrons. The monoisotopic (exact) mass is 373 g/mol. The number of thioether (sulfide) groups is 1. The molecule has 0 saturated carbocycles. The van der Waals surface area contributed by atoms with Crippen molar-refractivity contribution in [2.75, 3.05) is 26.0 Å². The van der Waals surface area contributed by atoms with E-state index in [9.17, 15) is 9.90 Å². The predicted molar refractivity (Wildman–Crippen MR) is 103 cm³/mol. The number of carbonyl (C=O) groups is 1. The summed E-state index contributed by atoms with van der Waals surface area (Å²) in [6, 6.07) is 13.0. The van der Waals surface area contributed by atoms with Crippen molar-refractivity contribution in [3.63, 3.8) is 0 Å². The quantitative estimate of drug-likeness (QED) is 0.803. The Morgan fingerprint density at radius 3 is 2.65 bits per heavy atom. The Morgan fingerprint density at radius 2 is 1.96 bits per heavy atom. The highest BCUT2D eigenvalue weighted by Gasteiger charge is 2.32. The van der Waals surface area contributed by atoms with Crippen molar-refractivity contribution >= 4 is 17.7 Å². The molecule has 0 bridgehead atoms. The van der Waals surface area contributed by atoms with Gasteiger partial charge in [-0.05, 0) is 48.7 Å². The number of hydrogen-bond donors (Lipinski definition) is 1. The number of methoxy groups -OCH3 is 1. The van der Waals surface area contributed by atoms with Gasteiger partial charge in [0.25, 0.3) is 0 Å². The first-order valence-corrected chi connectivity index (χ1v) is 9.67. The molecule has 26 heavy (non-hydrogen) atoms. The third-order valence-electron chi connectivity index (χ3n) is 4.32. The lowest BCUT2D eigenvalue weighted by Crippen LogP contribution is -2.30. The molecule has 1 heterocycles. The molecule has 1 aliphatic rings. The van der Waals surface area contributed by atoms with Crippen LogP contribution in [0, 0.1) is 0 Å². The van der Waals surface area contributed by atoms with E-state index in [1.807, 2.05) is 42.2 Å². The molecule has 0 spiro atoms. The van der Waals surface area contributed by atoms with Gasteiger partial charge < -0.3 is 19.5 Å². The number of amides is 1. The number of ether oxygens (including phenoxy) is 2. The molecule has 0 aliphatic carbocycles. The van der Waals surface area contributed by atoms with Crippen molar-refractivity contribution in [2.45, 2.75) is 18.7 Å². The average Bonchev–Trinajstić information content (AvgIpc) is 3.02.